The normalized spacial score (nSPS) is 15.2. The van der Waals surface area contributed by atoms with E-state index in [4.69, 9.17) is 16.3 Å². The van der Waals surface area contributed by atoms with Gasteiger partial charge in [-0.1, -0.05) is 49.6 Å². The molecule has 2 heterocycles. The molecule has 1 fully saturated rings. The number of hydrogen-bond donors (Lipinski definition) is 0. The lowest BCUT2D eigenvalue weighted by molar-refractivity contribution is 0.151. The van der Waals surface area contributed by atoms with Crippen molar-refractivity contribution in [1.29, 1.82) is 0 Å². The number of hydrogen-bond acceptors (Lipinski definition) is 3. The molecule has 3 nitrogen and oxygen atoms in total. The van der Waals surface area contributed by atoms with E-state index in [2.05, 4.69) is 41.1 Å². The molecule has 1 saturated heterocycles. The molecule has 0 saturated carbocycles. The zero-order chi connectivity index (χ0) is 21.5. The van der Waals surface area contributed by atoms with Crippen molar-refractivity contribution in [1.82, 2.24) is 9.88 Å². The second-order valence-electron chi connectivity index (χ2n) is 8.39. The van der Waals surface area contributed by atoms with E-state index in [0.29, 0.717) is 0 Å². The average Bonchev–Trinajstić information content (AvgIpc) is 2.82. The second-order valence-corrected chi connectivity index (χ2v) is 8.82. The number of aromatic nitrogens is 1. The molecule has 0 aliphatic carbocycles. The SMILES string of the molecule is CCCC1CCN(CCOc2ccc(-c3ccc(-c4ccc(Cl)cc4)cn3)cc2)CC1. The number of halogens is 1. The quantitative estimate of drug-likeness (QED) is 0.383. The van der Waals surface area contributed by atoms with E-state index >= 15 is 0 Å². The molecule has 0 spiro atoms. The molecule has 1 aliphatic rings. The summed E-state index contributed by atoms with van der Waals surface area (Å²) in [6.07, 6.45) is 7.28. The van der Waals surface area contributed by atoms with Crippen LogP contribution >= 0.6 is 11.6 Å². The Balaban J connectivity index is 1.27. The summed E-state index contributed by atoms with van der Waals surface area (Å²) in [7, 11) is 0. The number of nitrogens with zero attached hydrogens (tertiary/aromatic N) is 2. The summed E-state index contributed by atoms with van der Waals surface area (Å²) in [5.74, 6) is 1.85. The number of likely N-dealkylation sites (tertiary alicyclic amines) is 1. The van der Waals surface area contributed by atoms with Gasteiger partial charge in [0.05, 0.1) is 5.69 Å². The van der Waals surface area contributed by atoms with Crippen LogP contribution < -0.4 is 4.74 Å². The van der Waals surface area contributed by atoms with E-state index in [1.807, 2.05) is 42.6 Å². The van der Waals surface area contributed by atoms with Crippen molar-refractivity contribution in [2.75, 3.05) is 26.2 Å². The van der Waals surface area contributed by atoms with Crippen LogP contribution in [0.5, 0.6) is 5.75 Å². The van der Waals surface area contributed by atoms with Gasteiger partial charge in [0, 0.05) is 28.9 Å². The van der Waals surface area contributed by atoms with Gasteiger partial charge < -0.3 is 4.74 Å². The summed E-state index contributed by atoms with van der Waals surface area (Å²) in [4.78, 5) is 7.17. The average molecular weight is 435 g/mol. The monoisotopic (exact) mass is 434 g/mol. The van der Waals surface area contributed by atoms with Gasteiger partial charge in [-0.2, -0.15) is 0 Å². The third-order valence-electron chi connectivity index (χ3n) is 6.17. The number of benzene rings is 2. The van der Waals surface area contributed by atoms with E-state index in [0.717, 1.165) is 52.2 Å². The molecule has 0 unspecified atom stereocenters. The minimum atomic E-state index is 0.742. The van der Waals surface area contributed by atoms with Crippen LogP contribution in [0.15, 0.2) is 66.9 Å². The third kappa shape index (κ3) is 6.09. The lowest BCUT2D eigenvalue weighted by atomic mass is 9.92. The minimum Gasteiger partial charge on any atom is -0.492 e. The zero-order valence-electron chi connectivity index (χ0n) is 18.3. The van der Waals surface area contributed by atoms with Crippen LogP contribution in [-0.2, 0) is 0 Å². The van der Waals surface area contributed by atoms with Crippen LogP contribution in [0.4, 0.5) is 0 Å². The fraction of sp³-hybridized carbons (Fsp3) is 0.370. The van der Waals surface area contributed by atoms with Crippen molar-refractivity contribution in [3.05, 3.63) is 71.9 Å². The molecule has 0 atom stereocenters. The van der Waals surface area contributed by atoms with Gasteiger partial charge >= 0.3 is 0 Å². The summed E-state index contributed by atoms with van der Waals surface area (Å²) < 4.78 is 5.99. The van der Waals surface area contributed by atoms with Gasteiger partial charge in [0.1, 0.15) is 12.4 Å². The smallest absolute Gasteiger partial charge is 0.119 e. The van der Waals surface area contributed by atoms with E-state index in [9.17, 15) is 0 Å². The standard InChI is InChI=1S/C27H31ClN2O/c1-2-3-21-14-16-30(17-15-21)18-19-31-26-11-6-23(7-12-26)27-13-8-24(20-29-27)22-4-9-25(28)10-5-22/h4-13,20-21H,2-3,14-19H2,1H3. The molecule has 1 aliphatic heterocycles. The molecule has 0 radical (unpaired) electrons. The highest BCUT2D eigenvalue weighted by Gasteiger charge is 2.18. The number of piperidine rings is 1. The highest BCUT2D eigenvalue weighted by molar-refractivity contribution is 6.30. The second kappa shape index (κ2) is 10.8. The van der Waals surface area contributed by atoms with Gasteiger partial charge in [-0.05, 0) is 79.9 Å². The maximum atomic E-state index is 5.99. The Labute approximate surface area is 191 Å². The lowest BCUT2D eigenvalue weighted by Gasteiger charge is -2.31. The first-order valence-corrected chi connectivity index (χ1v) is 11.8. The molecule has 0 bridgehead atoms. The van der Waals surface area contributed by atoms with Crippen molar-refractivity contribution in [3.63, 3.8) is 0 Å². The number of rotatable bonds is 8. The topological polar surface area (TPSA) is 25.4 Å². The van der Waals surface area contributed by atoms with Crippen molar-refractivity contribution in [2.45, 2.75) is 32.6 Å². The van der Waals surface area contributed by atoms with Gasteiger partial charge in [-0.25, -0.2) is 0 Å². The fourth-order valence-corrected chi connectivity index (χ4v) is 4.43. The fourth-order valence-electron chi connectivity index (χ4n) is 4.30. The van der Waals surface area contributed by atoms with Crippen molar-refractivity contribution < 1.29 is 4.74 Å². The van der Waals surface area contributed by atoms with Crippen molar-refractivity contribution in [2.24, 2.45) is 5.92 Å². The van der Waals surface area contributed by atoms with Crippen LogP contribution in [-0.4, -0.2) is 36.1 Å². The lowest BCUT2D eigenvalue weighted by Crippen LogP contribution is -2.36. The van der Waals surface area contributed by atoms with Crippen LogP contribution in [0, 0.1) is 5.92 Å². The molecule has 31 heavy (non-hydrogen) atoms. The number of ether oxygens (including phenoxy) is 1. The first kappa shape index (κ1) is 21.9. The van der Waals surface area contributed by atoms with Crippen molar-refractivity contribution in [3.8, 4) is 28.1 Å². The highest BCUT2D eigenvalue weighted by atomic mass is 35.5. The summed E-state index contributed by atoms with van der Waals surface area (Å²) in [6, 6.07) is 20.2. The molecule has 2 aromatic carbocycles. The Bertz CT molecular complexity index is 930. The summed E-state index contributed by atoms with van der Waals surface area (Å²) in [5.41, 5.74) is 4.24. The van der Waals surface area contributed by atoms with Gasteiger partial charge in [0.15, 0.2) is 0 Å². The predicted molar refractivity (Wildman–Crippen MR) is 130 cm³/mol. The number of pyridine rings is 1. The Hall–Kier alpha value is -2.36. The highest BCUT2D eigenvalue weighted by Crippen LogP contribution is 2.25. The molecule has 4 heteroatoms. The molecular weight excluding hydrogens is 404 g/mol. The predicted octanol–water partition coefficient (Wildman–Crippen LogP) is 6.96. The summed E-state index contributed by atoms with van der Waals surface area (Å²) >= 11 is 5.98. The summed E-state index contributed by atoms with van der Waals surface area (Å²) in [6.45, 7) is 6.47. The minimum absolute atomic E-state index is 0.742. The van der Waals surface area contributed by atoms with Gasteiger partial charge in [0.2, 0.25) is 0 Å². The van der Waals surface area contributed by atoms with Crippen LogP contribution in [0.25, 0.3) is 22.4 Å². The Morgan fingerprint density at radius 3 is 2.23 bits per heavy atom. The van der Waals surface area contributed by atoms with Crippen LogP contribution in [0.3, 0.4) is 0 Å². The molecular formula is C27H31ClN2O. The largest absolute Gasteiger partial charge is 0.492 e. The molecule has 0 N–H and O–H groups in total. The van der Waals surface area contributed by atoms with Gasteiger partial charge in [-0.3, -0.25) is 9.88 Å². The van der Waals surface area contributed by atoms with E-state index in [-0.39, 0.29) is 0 Å². The van der Waals surface area contributed by atoms with E-state index < -0.39 is 0 Å². The first-order chi connectivity index (χ1) is 15.2. The Morgan fingerprint density at radius 2 is 1.58 bits per heavy atom. The molecule has 4 rings (SSSR count). The van der Waals surface area contributed by atoms with Crippen molar-refractivity contribution >= 4 is 11.6 Å². The first-order valence-electron chi connectivity index (χ1n) is 11.4. The molecule has 162 valence electrons. The Morgan fingerprint density at radius 1 is 0.903 bits per heavy atom. The summed E-state index contributed by atoms with van der Waals surface area (Å²) in [5, 5.41) is 0.743. The van der Waals surface area contributed by atoms with E-state index in [1.165, 1.54) is 38.8 Å². The maximum Gasteiger partial charge on any atom is 0.119 e. The Kier molecular flexibility index (Phi) is 7.61. The van der Waals surface area contributed by atoms with Crippen LogP contribution in [0.1, 0.15) is 32.6 Å². The van der Waals surface area contributed by atoms with Gasteiger partial charge in [-0.15, -0.1) is 0 Å². The zero-order valence-corrected chi connectivity index (χ0v) is 19.0. The maximum absolute atomic E-state index is 5.99. The van der Waals surface area contributed by atoms with Crippen LogP contribution in [0.2, 0.25) is 5.02 Å². The van der Waals surface area contributed by atoms with Gasteiger partial charge in [0.25, 0.3) is 0 Å². The molecule has 1 aromatic heterocycles. The third-order valence-corrected chi connectivity index (χ3v) is 6.42. The molecule has 0 amide bonds. The molecule has 3 aromatic rings. The van der Waals surface area contributed by atoms with E-state index in [1.54, 1.807) is 0 Å².